The monoisotopic (exact) mass is 448 g/mol. The summed E-state index contributed by atoms with van der Waals surface area (Å²) in [5.41, 5.74) is 0.867. The van der Waals surface area contributed by atoms with Gasteiger partial charge in [-0.1, -0.05) is 29.8 Å². The van der Waals surface area contributed by atoms with Crippen LogP contribution in [-0.2, 0) is 20.6 Å². The molecule has 0 saturated heterocycles. The summed E-state index contributed by atoms with van der Waals surface area (Å²) >= 11 is 7.64. The summed E-state index contributed by atoms with van der Waals surface area (Å²) in [5, 5.41) is 3.29. The summed E-state index contributed by atoms with van der Waals surface area (Å²) in [6, 6.07) is 10.1. The SMILES string of the molecule is CS(=O)(=O)N(CC(=O)NCCSCc1ccccc1Cl)c1ccc(F)c(F)c1. The lowest BCUT2D eigenvalue weighted by Crippen LogP contribution is -2.41. The van der Waals surface area contributed by atoms with Gasteiger partial charge in [0.15, 0.2) is 11.6 Å². The van der Waals surface area contributed by atoms with Crippen molar-refractivity contribution in [2.75, 3.05) is 29.4 Å². The molecule has 152 valence electrons. The second kappa shape index (κ2) is 10.1. The van der Waals surface area contributed by atoms with Gasteiger partial charge in [0.1, 0.15) is 6.54 Å². The maximum atomic E-state index is 13.4. The zero-order valence-corrected chi connectivity index (χ0v) is 17.4. The molecule has 2 aromatic rings. The molecular weight excluding hydrogens is 430 g/mol. The fourth-order valence-electron chi connectivity index (χ4n) is 2.29. The Morgan fingerprint density at radius 3 is 2.54 bits per heavy atom. The van der Waals surface area contributed by atoms with Gasteiger partial charge < -0.3 is 5.32 Å². The van der Waals surface area contributed by atoms with Gasteiger partial charge in [0.25, 0.3) is 0 Å². The van der Waals surface area contributed by atoms with Crippen molar-refractivity contribution in [3.8, 4) is 0 Å². The van der Waals surface area contributed by atoms with Crippen LogP contribution in [0, 0.1) is 11.6 Å². The molecule has 0 unspecified atom stereocenters. The van der Waals surface area contributed by atoms with Gasteiger partial charge in [-0.2, -0.15) is 11.8 Å². The fourth-order valence-corrected chi connectivity index (χ4v) is 4.28. The molecule has 0 heterocycles. The van der Waals surface area contributed by atoms with Crippen LogP contribution in [0.3, 0.4) is 0 Å². The lowest BCUT2D eigenvalue weighted by molar-refractivity contribution is -0.119. The van der Waals surface area contributed by atoms with E-state index in [-0.39, 0.29) is 5.69 Å². The van der Waals surface area contributed by atoms with E-state index in [1.165, 1.54) is 0 Å². The van der Waals surface area contributed by atoms with E-state index in [4.69, 9.17) is 11.6 Å². The predicted molar refractivity (Wildman–Crippen MR) is 109 cm³/mol. The fraction of sp³-hybridized carbons (Fsp3) is 0.278. The number of carbonyl (C=O) groups excluding carboxylic acids is 1. The van der Waals surface area contributed by atoms with Crippen LogP contribution in [0.5, 0.6) is 0 Å². The highest BCUT2D eigenvalue weighted by molar-refractivity contribution is 7.98. The predicted octanol–water partition coefficient (Wildman–Crippen LogP) is 3.43. The quantitative estimate of drug-likeness (QED) is 0.597. The standard InChI is InChI=1S/C18H19ClF2N2O3S2/c1-28(25,26)23(14-6-7-16(20)17(21)10-14)11-18(24)22-8-9-27-12-13-4-2-3-5-15(13)19/h2-7,10H,8-9,11-12H2,1H3,(H,22,24). The second-order valence-corrected chi connectivity index (χ2v) is 9.28. The number of thioether (sulfide) groups is 1. The van der Waals surface area contributed by atoms with E-state index in [0.29, 0.717) is 23.1 Å². The highest BCUT2D eigenvalue weighted by Gasteiger charge is 2.21. The van der Waals surface area contributed by atoms with Crippen molar-refractivity contribution in [2.45, 2.75) is 5.75 Å². The molecule has 0 radical (unpaired) electrons. The van der Waals surface area contributed by atoms with Crippen molar-refractivity contribution in [2.24, 2.45) is 0 Å². The van der Waals surface area contributed by atoms with Crippen molar-refractivity contribution >= 4 is 45.0 Å². The Bertz CT molecular complexity index is 942. The Balaban J connectivity index is 1.86. The maximum Gasteiger partial charge on any atom is 0.240 e. The first kappa shape index (κ1) is 22.4. The van der Waals surface area contributed by atoms with Gasteiger partial charge >= 0.3 is 0 Å². The van der Waals surface area contributed by atoms with Crippen LogP contribution in [0.2, 0.25) is 5.02 Å². The summed E-state index contributed by atoms with van der Waals surface area (Å²) < 4.78 is 51.1. The zero-order chi connectivity index (χ0) is 20.7. The van der Waals surface area contributed by atoms with E-state index in [1.807, 2.05) is 18.2 Å². The van der Waals surface area contributed by atoms with Crippen LogP contribution >= 0.6 is 23.4 Å². The number of nitrogens with one attached hydrogen (secondary N) is 1. The number of carbonyl (C=O) groups is 1. The first-order chi connectivity index (χ1) is 13.2. The van der Waals surface area contributed by atoms with Gasteiger partial charge in [-0.05, 0) is 23.8 Å². The van der Waals surface area contributed by atoms with E-state index in [2.05, 4.69) is 5.32 Å². The van der Waals surface area contributed by atoms with Crippen molar-refractivity contribution in [3.05, 3.63) is 64.7 Å². The summed E-state index contributed by atoms with van der Waals surface area (Å²) in [5.74, 6) is -1.56. The molecule has 0 fully saturated rings. The normalized spacial score (nSPS) is 11.3. The van der Waals surface area contributed by atoms with Crippen LogP contribution in [0.25, 0.3) is 0 Å². The summed E-state index contributed by atoms with van der Waals surface area (Å²) in [6.07, 6.45) is 0.890. The molecule has 0 aliphatic carbocycles. The summed E-state index contributed by atoms with van der Waals surface area (Å²) in [6.45, 7) is -0.206. The molecule has 0 saturated carbocycles. The Hall–Kier alpha value is -1.84. The van der Waals surface area contributed by atoms with E-state index in [0.717, 1.165) is 34.3 Å². The van der Waals surface area contributed by atoms with Crippen LogP contribution in [0.15, 0.2) is 42.5 Å². The Kier molecular flexibility index (Phi) is 8.09. The number of sulfonamides is 1. The molecule has 2 rings (SSSR count). The van der Waals surface area contributed by atoms with E-state index in [1.54, 1.807) is 17.8 Å². The highest BCUT2D eigenvalue weighted by Crippen LogP contribution is 2.21. The topological polar surface area (TPSA) is 66.5 Å². The minimum Gasteiger partial charge on any atom is -0.354 e. The van der Waals surface area contributed by atoms with Gasteiger partial charge in [-0.3, -0.25) is 9.10 Å². The molecule has 1 N–H and O–H groups in total. The third kappa shape index (κ3) is 6.65. The number of hydrogen-bond donors (Lipinski definition) is 1. The molecule has 0 aromatic heterocycles. The van der Waals surface area contributed by atoms with Crippen molar-refractivity contribution < 1.29 is 22.0 Å². The van der Waals surface area contributed by atoms with Crippen LogP contribution in [-0.4, -0.2) is 39.4 Å². The van der Waals surface area contributed by atoms with Crippen molar-refractivity contribution in [1.82, 2.24) is 5.32 Å². The lowest BCUT2D eigenvalue weighted by atomic mass is 10.2. The average molecular weight is 449 g/mol. The largest absolute Gasteiger partial charge is 0.354 e. The minimum absolute atomic E-state index is 0.121. The third-order valence-corrected chi connectivity index (χ3v) is 6.18. The summed E-state index contributed by atoms with van der Waals surface area (Å²) in [4.78, 5) is 12.1. The number of nitrogens with zero attached hydrogens (tertiary/aromatic N) is 1. The Labute approximate surface area is 172 Å². The highest BCUT2D eigenvalue weighted by atomic mass is 35.5. The maximum absolute atomic E-state index is 13.4. The van der Waals surface area contributed by atoms with Gasteiger partial charge in [0, 0.05) is 29.1 Å². The van der Waals surface area contributed by atoms with Gasteiger partial charge in [0.05, 0.1) is 11.9 Å². The first-order valence-corrected chi connectivity index (χ1v) is 11.6. The number of rotatable bonds is 9. The van der Waals surface area contributed by atoms with Gasteiger partial charge in [0.2, 0.25) is 15.9 Å². The molecule has 5 nitrogen and oxygen atoms in total. The lowest BCUT2D eigenvalue weighted by Gasteiger charge is -2.22. The molecule has 0 spiro atoms. The molecule has 10 heteroatoms. The number of amides is 1. The third-order valence-electron chi connectivity index (χ3n) is 3.66. The Morgan fingerprint density at radius 1 is 1.18 bits per heavy atom. The van der Waals surface area contributed by atoms with E-state index >= 15 is 0 Å². The first-order valence-electron chi connectivity index (χ1n) is 8.19. The molecule has 28 heavy (non-hydrogen) atoms. The molecule has 0 aliphatic rings. The van der Waals surface area contributed by atoms with Crippen molar-refractivity contribution in [1.29, 1.82) is 0 Å². The number of benzene rings is 2. The molecule has 1 amide bonds. The molecular formula is C18H19ClF2N2O3S2. The zero-order valence-electron chi connectivity index (χ0n) is 15.0. The van der Waals surface area contributed by atoms with E-state index < -0.39 is 34.1 Å². The number of halogens is 3. The molecule has 0 bridgehead atoms. The van der Waals surface area contributed by atoms with E-state index in [9.17, 15) is 22.0 Å². The summed E-state index contributed by atoms with van der Waals surface area (Å²) in [7, 11) is -3.86. The number of hydrogen-bond acceptors (Lipinski definition) is 4. The molecule has 2 aromatic carbocycles. The van der Waals surface area contributed by atoms with Crippen molar-refractivity contribution in [3.63, 3.8) is 0 Å². The van der Waals surface area contributed by atoms with Crippen LogP contribution in [0.1, 0.15) is 5.56 Å². The molecule has 0 atom stereocenters. The molecule has 0 aliphatic heterocycles. The van der Waals surface area contributed by atoms with Crippen LogP contribution < -0.4 is 9.62 Å². The van der Waals surface area contributed by atoms with Crippen LogP contribution in [0.4, 0.5) is 14.5 Å². The van der Waals surface area contributed by atoms with Gasteiger partial charge in [-0.15, -0.1) is 0 Å². The second-order valence-electron chi connectivity index (χ2n) is 5.86. The number of anilines is 1. The minimum atomic E-state index is -3.86. The Morgan fingerprint density at radius 2 is 1.89 bits per heavy atom. The van der Waals surface area contributed by atoms with Gasteiger partial charge in [-0.25, -0.2) is 17.2 Å². The average Bonchev–Trinajstić information content (AvgIpc) is 2.62. The smallest absolute Gasteiger partial charge is 0.240 e.